The van der Waals surface area contributed by atoms with Gasteiger partial charge in [-0.3, -0.25) is 0 Å². The summed E-state index contributed by atoms with van der Waals surface area (Å²) in [6, 6.07) is 1.68. The van der Waals surface area contributed by atoms with Gasteiger partial charge in [0.2, 0.25) is 21.7 Å². The number of furan rings is 1. The second kappa shape index (κ2) is 5.63. The highest BCUT2D eigenvalue weighted by atomic mass is 32.2. The van der Waals surface area contributed by atoms with Crippen molar-refractivity contribution in [3.63, 3.8) is 0 Å². The van der Waals surface area contributed by atoms with Crippen molar-refractivity contribution in [1.82, 2.24) is 19.6 Å². The summed E-state index contributed by atoms with van der Waals surface area (Å²) in [6.45, 7) is 3.04. The van der Waals surface area contributed by atoms with Crippen molar-refractivity contribution in [3.05, 3.63) is 35.9 Å². The van der Waals surface area contributed by atoms with Gasteiger partial charge in [0.15, 0.2) is 5.76 Å². The third-order valence-corrected chi connectivity index (χ3v) is 5.29. The van der Waals surface area contributed by atoms with Gasteiger partial charge in [0.05, 0.1) is 18.4 Å². The molecule has 10 heteroatoms. The molecule has 0 amide bonds. The van der Waals surface area contributed by atoms with Gasteiger partial charge in [0, 0.05) is 7.05 Å². The lowest BCUT2D eigenvalue weighted by atomic mass is 10.3. The summed E-state index contributed by atoms with van der Waals surface area (Å²) in [6.07, 6.45) is 2.96. The first kappa shape index (κ1) is 15.4. The van der Waals surface area contributed by atoms with E-state index < -0.39 is 10.0 Å². The van der Waals surface area contributed by atoms with Gasteiger partial charge in [-0.1, -0.05) is 10.3 Å². The molecule has 3 heterocycles. The Morgan fingerprint density at radius 1 is 1.22 bits per heavy atom. The molecule has 3 aromatic rings. The molecule has 122 valence electrons. The SMILES string of the molecule is Cc1noc(C)c1S(=O)(=O)N(C)Cc1nc(-c2ccoc2)no1. The predicted molar refractivity (Wildman–Crippen MR) is 76.6 cm³/mol. The van der Waals surface area contributed by atoms with Gasteiger partial charge in [-0.05, 0) is 19.9 Å². The number of hydrogen-bond donors (Lipinski definition) is 0. The Morgan fingerprint density at radius 2 is 2.00 bits per heavy atom. The lowest BCUT2D eigenvalue weighted by molar-refractivity contribution is 0.336. The van der Waals surface area contributed by atoms with E-state index in [1.165, 1.54) is 19.6 Å². The van der Waals surface area contributed by atoms with E-state index in [9.17, 15) is 8.42 Å². The van der Waals surface area contributed by atoms with Gasteiger partial charge in [0.1, 0.15) is 16.9 Å². The predicted octanol–water partition coefficient (Wildman–Crippen LogP) is 1.76. The summed E-state index contributed by atoms with van der Waals surface area (Å²) in [5.74, 6) is 0.731. The summed E-state index contributed by atoms with van der Waals surface area (Å²) in [5.41, 5.74) is 0.954. The minimum atomic E-state index is -3.77. The summed E-state index contributed by atoms with van der Waals surface area (Å²) in [5, 5.41) is 7.46. The molecule has 23 heavy (non-hydrogen) atoms. The number of hydrogen-bond acceptors (Lipinski definition) is 8. The molecule has 3 rings (SSSR count). The van der Waals surface area contributed by atoms with Crippen molar-refractivity contribution >= 4 is 10.0 Å². The van der Waals surface area contributed by atoms with Crippen LogP contribution >= 0.6 is 0 Å². The third-order valence-electron chi connectivity index (χ3n) is 3.24. The van der Waals surface area contributed by atoms with Crippen LogP contribution in [0.2, 0.25) is 0 Å². The molecule has 9 nitrogen and oxygen atoms in total. The van der Waals surface area contributed by atoms with Gasteiger partial charge in [-0.15, -0.1) is 0 Å². The van der Waals surface area contributed by atoms with Gasteiger partial charge in [-0.2, -0.15) is 9.29 Å². The van der Waals surface area contributed by atoms with Crippen LogP contribution in [0.5, 0.6) is 0 Å². The van der Waals surface area contributed by atoms with E-state index in [-0.39, 0.29) is 23.1 Å². The third kappa shape index (κ3) is 2.78. The number of aromatic nitrogens is 3. The highest BCUT2D eigenvalue weighted by Gasteiger charge is 2.29. The standard InChI is InChI=1S/C13H14N4O5S/c1-8-12(9(2)21-15-8)23(18,19)17(3)6-11-14-13(16-22-11)10-4-5-20-7-10/h4-5,7H,6H2,1-3H3. The molecule has 0 unspecified atom stereocenters. The minimum Gasteiger partial charge on any atom is -0.472 e. The number of rotatable bonds is 5. The van der Waals surface area contributed by atoms with Gasteiger partial charge in [0.25, 0.3) is 0 Å². The van der Waals surface area contributed by atoms with E-state index in [0.717, 1.165) is 4.31 Å². The molecule has 0 aliphatic carbocycles. The lowest BCUT2D eigenvalue weighted by Gasteiger charge is -2.14. The molecule has 3 aromatic heterocycles. The molecule has 0 fully saturated rings. The summed E-state index contributed by atoms with van der Waals surface area (Å²) in [4.78, 5) is 4.20. The molecule has 0 saturated heterocycles. The summed E-state index contributed by atoms with van der Waals surface area (Å²) in [7, 11) is -2.35. The fourth-order valence-corrected chi connectivity index (χ4v) is 3.51. The van der Waals surface area contributed by atoms with E-state index >= 15 is 0 Å². The van der Waals surface area contributed by atoms with Crippen LogP contribution in [0.25, 0.3) is 11.4 Å². The highest BCUT2D eigenvalue weighted by molar-refractivity contribution is 7.89. The maximum absolute atomic E-state index is 12.6. The number of nitrogens with zero attached hydrogens (tertiary/aromatic N) is 4. The molecule has 0 spiro atoms. The molecule has 0 atom stereocenters. The minimum absolute atomic E-state index is 0.0505. The monoisotopic (exact) mass is 338 g/mol. The summed E-state index contributed by atoms with van der Waals surface area (Å²) < 4.78 is 41.2. The molecule has 0 aromatic carbocycles. The second-order valence-electron chi connectivity index (χ2n) is 4.94. The molecular formula is C13H14N4O5S. The van der Waals surface area contributed by atoms with E-state index in [1.807, 2.05) is 0 Å². The van der Waals surface area contributed by atoms with E-state index in [4.69, 9.17) is 13.5 Å². The fourth-order valence-electron chi connectivity index (χ4n) is 2.10. The van der Waals surface area contributed by atoms with Crippen LogP contribution in [0.15, 0.2) is 37.0 Å². The van der Waals surface area contributed by atoms with Crippen molar-refractivity contribution in [1.29, 1.82) is 0 Å². The second-order valence-corrected chi connectivity index (χ2v) is 6.92. The van der Waals surface area contributed by atoms with Crippen molar-refractivity contribution in [2.24, 2.45) is 0 Å². The van der Waals surface area contributed by atoms with E-state index in [2.05, 4.69) is 15.3 Å². The Balaban J connectivity index is 1.83. The molecule has 0 bridgehead atoms. The largest absolute Gasteiger partial charge is 0.472 e. The zero-order valence-corrected chi connectivity index (χ0v) is 13.5. The van der Waals surface area contributed by atoms with Crippen LogP contribution < -0.4 is 0 Å². The van der Waals surface area contributed by atoms with Crippen molar-refractivity contribution < 1.29 is 21.9 Å². The normalized spacial score (nSPS) is 12.2. The van der Waals surface area contributed by atoms with Crippen molar-refractivity contribution in [2.45, 2.75) is 25.3 Å². The Hall–Kier alpha value is -2.46. The van der Waals surface area contributed by atoms with Crippen LogP contribution in [0.1, 0.15) is 17.3 Å². The first-order valence-electron chi connectivity index (χ1n) is 6.64. The van der Waals surface area contributed by atoms with Crippen molar-refractivity contribution in [2.75, 3.05) is 7.05 Å². The Kier molecular flexibility index (Phi) is 3.78. The first-order chi connectivity index (χ1) is 10.9. The highest BCUT2D eigenvalue weighted by Crippen LogP contribution is 2.24. The maximum atomic E-state index is 12.6. The quantitative estimate of drug-likeness (QED) is 0.691. The Bertz CT molecular complexity index is 891. The average Bonchev–Trinajstić information content (AvgIpc) is 3.20. The molecule has 0 aliphatic rings. The van der Waals surface area contributed by atoms with E-state index in [0.29, 0.717) is 17.1 Å². The molecule has 0 aliphatic heterocycles. The van der Waals surface area contributed by atoms with Crippen LogP contribution in [-0.4, -0.2) is 35.1 Å². The topological polar surface area (TPSA) is 115 Å². The summed E-state index contributed by atoms with van der Waals surface area (Å²) >= 11 is 0. The van der Waals surface area contributed by atoms with Crippen molar-refractivity contribution in [3.8, 4) is 11.4 Å². The molecule has 0 radical (unpaired) electrons. The van der Waals surface area contributed by atoms with Crippen LogP contribution in [-0.2, 0) is 16.6 Å². The van der Waals surface area contributed by atoms with Gasteiger partial charge in [-0.25, -0.2) is 8.42 Å². The number of sulfonamides is 1. The van der Waals surface area contributed by atoms with Gasteiger partial charge < -0.3 is 13.5 Å². The van der Waals surface area contributed by atoms with Crippen LogP contribution in [0, 0.1) is 13.8 Å². The zero-order chi connectivity index (χ0) is 16.6. The number of aryl methyl sites for hydroxylation is 2. The maximum Gasteiger partial charge on any atom is 0.248 e. The smallest absolute Gasteiger partial charge is 0.248 e. The van der Waals surface area contributed by atoms with Crippen LogP contribution in [0.3, 0.4) is 0 Å². The van der Waals surface area contributed by atoms with Gasteiger partial charge >= 0.3 is 0 Å². The molecule has 0 N–H and O–H groups in total. The Labute approximate surface area is 131 Å². The average molecular weight is 338 g/mol. The molecular weight excluding hydrogens is 324 g/mol. The zero-order valence-electron chi connectivity index (χ0n) is 12.7. The first-order valence-corrected chi connectivity index (χ1v) is 8.08. The fraction of sp³-hybridized carbons (Fsp3) is 0.308. The lowest BCUT2D eigenvalue weighted by Crippen LogP contribution is -2.27. The Morgan fingerprint density at radius 3 is 2.61 bits per heavy atom. The molecule has 0 saturated carbocycles. The van der Waals surface area contributed by atoms with Crippen LogP contribution in [0.4, 0.5) is 0 Å². The van der Waals surface area contributed by atoms with E-state index in [1.54, 1.807) is 19.9 Å².